The highest BCUT2D eigenvalue weighted by atomic mass is 32.2. The molecule has 0 radical (unpaired) electrons. The molecule has 1 aromatic carbocycles. The number of carbonyl (C=O) groups excluding carboxylic acids is 1. The van der Waals surface area contributed by atoms with Crippen molar-refractivity contribution in [1.29, 1.82) is 0 Å². The molecule has 1 aliphatic rings. The van der Waals surface area contributed by atoms with Crippen LogP contribution in [0, 0.1) is 0 Å². The SMILES string of the molecule is CCCc1ccccc1NC(=O)CSC1CCNCC1. The standard InChI is InChI=1S/C16H24N2OS/c1-2-5-13-6-3-4-7-15(13)18-16(19)12-20-14-8-10-17-11-9-14/h3-4,6-7,14,17H,2,5,8-12H2,1H3,(H,18,19). The topological polar surface area (TPSA) is 41.1 Å². The molecule has 1 fully saturated rings. The zero-order chi connectivity index (χ0) is 14.2. The summed E-state index contributed by atoms with van der Waals surface area (Å²) in [5.74, 6) is 0.683. The fourth-order valence-electron chi connectivity index (χ4n) is 2.47. The van der Waals surface area contributed by atoms with Gasteiger partial charge in [-0.25, -0.2) is 0 Å². The van der Waals surface area contributed by atoms with E-state index in [0.29, 0.717) is 11.0 Å². The van der Waals surface area contributed by atoms with Crippen molar-refractivity contribution in [1.82, 2.24) is 5.32 Å². The van der Waals surface area contributed by atoms with E-state index < -0.39 is 0 Å². The van der Waals surface area contributed by atoms with Gasteiger partial charge in [-0.15, -0.1) is 11.8 Å². The van der Waals surface area contributed by atoms with Gasteiger partial charge in [0.05, 0.1) is 5.75 Å². The van der Waals surface area contributed by atoms with Crippen LogP contribution in [0.1, 0.15) is 31.7 Å². The van der Waals surface area contributed by atoms with E-state index in [2.05, 4.69) is 23.6 Å². The lowest BCUT2D eigenvalue weighted by Crippen LogP contribution is -2.30. The van der Waals surface area contributed by atoms with Crippen molar-refractivity contribution < 1.29 is 4.79 Å². The summed E-state index contributed by atoms with van der Waals surface area (Å²) in [5, 5.41) is 7.04. The third-order valence-electron chi connectivity index (χ3n) is 3.55. The van der Waals surface area contributed by atoms with Crippen molar-refractivity contribution in [3.63, 3.8) is 0 Å². The highest BCUT2D eigenvalue weighted by Gasteiger charge is 2.15. The monoisotopic (exact) mass is 292 g/mol. The average molecular weight is 292 g/mol. The Morgan fingerprint density at radius 2 is 2.10 bits per heavy atom. The van der Waals surface area contributed by atoms with Gasteiger partial charge in [0.2, 0.25) is 5.91 Å². The number of benzene rings is 1. The molecular formula is C16H24N2OS. The quantitative estimate of drug-likeness (QED) is 0.846. The molecule has 1 aromatic rings. The third-order valence-corrected chi connectivity index (χ3v) is 4.92. The lowest BCUT2D eigenvalue weighted by Gasteiger charge is -2.21. The van der Waals surface area contributed by atoms with Gasteiger partial charge in [-0.2, -0.15) is 0 Å². The van der Waals surface area contributed by atoms with Crippen molar-refractivity contribution in [2.45, 2.75) is 37.9 Å². The Kier molecular flexibility index (Phi) is 6.40. The smallest absolute Gasteiger partial charge is 0.234 e. The highest BCUT2D eigenvalue weighted by molar-refractivity contribution is 8.00. The van der Waals surface area contributed by atoms with Crippen LogP contribution in [0.15, 0.2) is 24.3 Å². The normalized spacial score (nSPS) is 16.1. The summed E-state index contributed by atoms with van der Waals surface area (Å²) in [6.07, 6.45) is 4.45. The van der Waals surface area contributed by atoms with E-state index in [0.717, 1.165) is 31.6 Å². The molecule has 0 unspecified atom stereocenters. The van der Waals surface area contributed by atoms with E-state index in [4.69, 9.17) is 0 Å². The minimum Gasteiger partial charge on any atom is -0.325 e. The summed E-state index contributed by atoms with van der Waals surface area (Å²) < 4.78 is 0. The van der Waals surface area contributed by atoms with E-state index >= 15 is 0 Å². The van der Waals surface area contributed by atoms with Crippen LogP contribution in [-0.2, 0) is 11.2 Å². The Balaban J connectivity index is 1.81. The van der Waals surface area contributed by atoms with E-state index in [9.17, 15) is 4.79 Å². The minimum atomic E-state index is 0.122. The molecule has 1 aliphatic heterocycles. The highest BCUT2D eigenvalue weighted by Crippen LogP contribution is 2.21. The number of rotatable bonds is 6. The molecule has 0 spiro atoms. The Bertz CT molecular complexity index is 430. The van der Waals surface area contributed by atoms with Gasteiger partial charge >= 0.3 is 0 Å². The number of nitrogens with one attached hydrogen (secondary N) is 2. The van der Waals surface area contributed by atoms with E-state index in [-0.39, 0.29) is 5.91 Å². The summed E-state index contributed by atoms with van der Waals surface area (Å²) in [5.41, 5.74) is 2.21. The first kappa shape index (κ1) is 15.4. The van der Waals surface area contributed by atoms with Gasteiger partial charge in [-0.05, 0) is 44.0 Å². The Morgan fingerprint density at radius 3 is 2.85 bits per heavy atom. The van der Waals surface area contributed by atoms with Gasteiger partial charge < -0.3 is 10.6 Å². The van der Waals surface area contributed by atoms with Crippen LogP contribution >= 0.6 is 11.8 Å². The van der Waals surface area contributed by atoms with E-state index in [1.807, 2.05) is 18.2 Å². The molecule has 1 amide bonds. The van der Waals surface area contributed by atoms with Crippen molar-refractivity contribution in [2.75, 3.05) is 24.2 Å². The molecule has 2 rings (SSSR count). The van der Waals surface area contributed by atoms with Gasteiger partial charge in [-0.1, -0.05) is 31.5 Å². The summed E-state index contributed by atoms with van der Waals surface area (Å²) in [7, 11) is 0. The summed E-state index contributed by atoms with van der Waals surface area (Å²) in [4.78, 5) is 12.1. The van der Waals surface area contributed by atoms with E-state index in [1.54, 1.807) is 11.8 Å². The number of para-hydroxylation sites is 1. The second-order valence-electron chi connectivity index (χ2n) is 5.22. The fourth-order valence-corrected chi connectivity index (χ4v) is 3.50. The molecule has 4 heteroatoms. The summed E-state index contributed by atoms with van der Waals surface area (Å²) in [6.45, 7) is 4.32. The van der Waals surface area contributed by atoms with Gasteiger partial charge in [0.1, 0.15) is 0 Å². The van der Waals surface area contributed by atoms with E-state index in [1.165, 1.54) is 18.4 Å². The third kappa shape index (κ3) is 4.84. The molecular weight excluding hydrogens is 268 g/mol. The Morgan fingerprint density at radius 1 is 1.35 bits per heavy atom. The van der Waals surface area contributed by atoms with Crippen molar-refractivity contribution in [3.05, 3.63) is 29.8 Å². The number of anilines is 1. The molecule has 0 aliphatic carbocycles. The number of amides is 1. The molecule has 1 heterocycles. The number of thioether (sulfide) groups is 1. The predicted molar refractivity (Wildman–Crippen MR) is 87.4 cm³/mol. The largest absolute Gasteiger partial charge is 0.325 e. The van der Waals surface area contributed by atoms with Gasteiger partial charge in [-0.3, -0.25) is 4.79 Å². The average Bonchev–Trinajstić information content (AvgIpc) is 2.49. The van der Waals surface area contributed by atoms with Crippen molar-refractivity contribution in [3.8, 4) is 0 Å². The van der Waals surface area contributed by atoms with Gasteiger partial charge in [0.15, 0.2) is 0 Å². The zero-order valence-electron chi connectivity index (χ0n) is 12.2. The van der Waals surface area contributed by atoms with Crippen molar-refractivity contribution >= 4 is 23.4 Å². The van der Waals surface area contributed by atoms with Crippen LogP contribution in [0.4, 0.5) is 5.69 Å². The first-order valence-electron chi connectivity index (χ1n) is 7.49. The lowest BCUT2D eigenvalue weighted by molar-refractivity contribution is -0.113. The second kappa shape index (κ2) is 8.32. The number of aryl methyl sites for hydroxylation is 1. The summed E-state index contributed by atoms with van der Waals surface area (Å²) >= 11 is 1.79. The van der Waals surface area contributed by atoms with Crippen LogP contribution < -0.4 is 10.6 Å². The van der Waals surface area contributed by atoms with Crippen LogP contribution in [-0.4, -0.2) is 30.0 Å². The molecule has 0 bridgehead atoms. The minimum absolute atomic E-state index is 0.122. The molecule has 3 nitrogen and oxygen atoms in total. The fraction of sp³-hybridized carbons (Fsp3) is 0.562. The van der Waals surface area contributed by atoms with Crippen LogP contribution in [0.3, 0.4) is 0 Å². The Hall–Kier alpha value is -1.000. The summed E-state index contributed by atoms with van der Waals surface area (Å²) in [6, 6.07) is 8.11. The van der Waals surface area contributed by atoms with Crippen LogP contribution in [0.2, 0.25) is 0 Å². The molecule has 2 N–H and O–H groups in total. The van der Waals surface area contributed by atoms with Crippen molar-refractivity contribution in [2.24, 2.45) is 0 Å². The number of carbonyl (C=O) groups is 1. The molecule has 20 heavy (non-hydrogen) atoms. The van der Waals surface area contributed by atoms with Crippen LogP contribution in [0.5, 0.6) is 0 Å². The molecule has 0 saturated carbocycles. The Labute approximate surface area is 125 Å². The maximum absolute atomic E-state index is 12.1. The first-order valence-corrected chi connectivity index (χ1v) is 8.54. The molecule has 0 atom stereocenters. The van der Waals surface area contributed by atoms with Gasteiger partial charge in [0, 0.05) is 10.9 Å². The molecule has 1 saturated heterocycles. The maximum Gasteiger partial charge on any atom is 0.234 e. The predicted octanol–water partition coefficient (Wildman–Crippen LogP) is 3.06. The number of hydrogen-bond donors (Lipinski definition) is 2. The zero-order valence-corrected chi connectivity index (χ0v) is 13.0. The van der Waals surface area contributed by atoms with Gasteiger partial charge in [0.25, 0.3) is 0 Å². The second-order valence-corrected chi connectivity index (χ2v) is 6.50. The molecule has 110 valence electrons. The maximum atomic E-state index is 12.1. The number of hydrogen-bond acceptors (Lipinski definition) is 3. The molecule has 0 aromatic heterocycles. The number of piperidine rings is 1. The first-order chi connectivity index (χ1) is 9.79. The lowest BCUT2D eigenvalue weighted by atomic mass is 10.1. The van der Waals surface area contributed by atoms with Crippen LogP contribution in [0.25, 0.3) is 0 Å².